The lowest BCUT2D eigenvalue weighted by Gasteiger charge is -2.28. The minimum atomic E-state index is -4.44. The van der Waals surface area contributed by atoms with E-state index in [0.29, 0.717) is 0 Å². The van der Waals surface area contributed by atoms with Crippen LogP contribution in [0.5, 0.6) is 0 Å². The molecule has 2 atom stereocenters. The quantitative estimate of drug-likeness (QED) is 0.696. The maximum Gasteiger partial charge on any atom is 0.328 e. The number of carbonyl (C=O) groups excluding carboxylic acids is 1. The number of rotatable bonds is 8. The molecule has 0 saturated heterocycles. The van der Waals surface area contributed by atoms with Crippen LogP contribution in [0, 0.1) is 0 Å². The summed E-state index contributed by atoms with van der Waals surface area (Å²) in [7, 11) is 0. The zero-order valence-electron chi connectivity index (χ0n) is 13.3. The number of hydrogen-bond acceptors (Lipinski definition) is 4. The average molecular weight is 354 g/mol. The van der Waals surface area contributed by atoms with Gasteiger partial charge in [-0.1, -0.05) is 12.1 Å². The molecule has 11 heteroatoms. The summed E-state index contributed by atoms with van der Waals surface area (Å²) >= 11 is 0. The van der Waals surface area contributed by atoms with Crippen LogP contribution in [0.25, 0.3) is 0 Å². The van der Waals surface area contributed by atoms with E-state index >= 15 is 0 Å². The number of alkyl halides is 4. The molecule has 7 nitrogen and oxygen atoms in total. The Hall–Kier alpha value is -2.20. The Labute approximate surface area is 135 Å². The summed E-state index contributed by atoms with van der Waals surface area (Å²) in [6.07, 6.45) is -4.17. The highest BCUT2D eigenvalue weighted by Crippen LogP contribution is 2.28. The summed E-state index contributed by atoms with van der Waals surface area (Å²) in [6, 6.07) is -1.02. The predicted octanol–water partition coefficient (Wildman–Crippen LogP) is 1.96. The van der Waals surface area contributed by atoms with Gasteiger partial charge in [0.15, 0.2) is 0 Å². The lowest BCUT2D eigenvalue weighted by Crippen LogP contribution is -2.46. The minimum Gasteiger partial charge on any atom is -0.480 e. The average Bonchev–Trinajstić information content (AvgIpc) is 2.95. The van der Waals surface area contributed by atoms with Crippen molar-refractivity contribution in [1.29, 1.82) is 0 Å². The Morgan fingerprint density at radius 1 is 1.42 bits per heavy atom. The zero-order chi connectivity index (χ0) is 18.7. The summed E-state index contributed by atoms with van der Waals surface area (Å²) in [5, 5.41) is 18.5. The largest absolute Gasteiger partial charge is 0.480 e. The molecule has 0 aliphatic carbocycles. The van der Waals surface area contributed by atoms with Gasteiger partial charge in [0, 0.05) is 0 Å². The number of carbonyl (C=O) groups is 2. The molecule has 24 heavy (non-hydrogen) atoms. The highest BCUT2D eigenvalue weighted by Gasteiger charge is 2.44. The fourth-order valence-electron chi connectivity index (χ4n) is 1.81. The first-order chi connectivity index (χ1) is 10.9. The van der Waals surface area contributed by atoms with Gasteiger partial charge < -0.3 is 10.4 Å². The third-order valence-corrected chi connectivity index (χ3v) is 3.67. The number of nitrogens with zero attached hydrogens (tertiary/aromatic N) is 3. The van der Waals surface area contributed by atoms with Crippen LogP contribution in [0.3, 0.4) is 0 Å². The lowest BCUT2D eigenvalue weighted by molar-refractivity contribution is -0.152. The third-order valence-electron chi connectivity index (χ3n) is 3.67. The molecule has 0 bridgehead atoms. The van der Waals surface area contributed by atoms with Crippen LogP contribution in [0.4, 0.5) is 17.6 Å². The molecule has 1 aromatic heterocycles. The van der Waals surface area contributed by atoms with Crippen LogP contribution in [0.15, 0.2) is 6.20 Å². The number of nitrogens with one attached hydrogen (secondary N) is 1. The Balaban J connectivity index is 2.94. The molecule has 1 amide bonds. The number of amides is 1. The number of carboxylic acids is 1. The first-order valence-corrected chi connectivity index (χ1v) is 7.05. The van der Waals surface area contributed by atoms with Gasteiger partial charge in [-0.3, -0.25) is 4.79 Å². The van der Waals surface area contributed by atoms with Gasteiger partial charge in [0.1, 0.15) is 11.7 Å². The first-order valence-electron chi connectivity index (χ1n) is 7.05. The number of halogens is 4. The fraction of sp³-hybridized carbons (Fsp3) is 0.692. The predicted molar refractivity (Wildman–Crippen MR) is 73.7 cm³/mol. The number of hydrogen-bond donors (Lipinski definition) is 2. The van der Waals surface area contributed by atoms with Crippen molar-refractivity contribution >= 4 is 11.9 Å². The van der Waals surface area contributed by atoms with Gasteiger partial charge >= 0.3 is 18.3 Å². The van der Waals surface area contributed by atoms with Gasteiger partial charge in [0.2, 0.25) is 5.91 Å². The first kappa shape index (κ1) is 19.8. The van der Waals surface area contributed by atoms with E-state index in [1.807, 2.05) is 0 Å². The van der Waals surface area contributed by atoms with E-state index in [1.54, 1.807) is 6.92 Å². The van der Waals surface area contributed by atoms with E-state index in [4.69, 9.17) is 5.11 Å². The summed E-state index contributed by atoms with van der Waals surface area (Å²) in [5.74, 6) is -6.87. The van der Waals surface area contributed by atoms with E-state index in [1.165, 1.54) is 20.0 Å². The van der Waals surface area contributed by atoms with Gasteiger partial charge in [0.25, 0.3) is 0 Å². The van der Waals surface area contributed by atoms with Crippen molar-refractivity contribution in [2.24, 2.45) is 0 Å². The van der Waals surface area contributed by atoms with E-state index in [2.05, 4.69) is 15.6 Å². The van der Waals surface area contributed by atoms with E-state index in [9.17, 15) is 27.2 Å². The van der Waals surface area contributed by atoms with Gasteiger partial charge in [0.05, 0.1) is 18.2 Å². The molecule has 2 N–H and O–H groups in total. The van der Waals surface area contributed by atoms with Gasteiger partial charge in [-0.25, -0.2) is 18.3 Å². The highest BCUT2D eigenvalue weighted by atomic mass is 19.3. The van der Waals surface area contributed by atoms with Crippen LogP contribution in [-0.2, 0) is 15.1 Å². The second-order valence-electron chi connectivity index (χ2n) is 5.57. The number of aliphatic carboxylic acids is 1. The third kappa shape index (κ3) is 4.42. The minimum absolute atomic E-state index is 0.131. The van der Waals surface area contributed by atoms with Gasteiger partial charge in [-0.15, -0.1) is 5.10 Å². The van der Waals surface area contributed by atoms with E-state index in [-0.39, 0.29) is 12.1 Å². The molecule has 0 spiro atoms. The van der Waals surface area contributed by atoms with Crippen molar-refractivity contribution in [3.05, 3.63) is 11.9 Å². The molecule has 0 fully saturated rings. The van der Waals surface area contributed by atoms with Crippen molar-refractivity contribution in [2.75, 3.05) is 0 Å². The molecule has 0 aliphatic rings. The van der Waals surface area contributed by atoms with E-state index in [0.717, 1.165) is 4.68 Å². The molecule has 136 valence electrons. The number of aromatic nitrogens is 3. The van der Waals surface area contributed by atoms with Crippen LogP contribution in [-0.4, -0.2) is 44.3 Å². The van der Waals surface area contributed by atoms with Crippen molar-refractivity contribution in [2.45, 2.75) is 57.5 Å². The van der Waals surface area contributed by atoms with Crippen LogP contribution in [0.2, 0.25) is 0 Å². The van der Waals surface area contributed by atoms with Crippen molar-refractivity contribution in [1.82, 2.24) is 20.3 Å². The summed E-state index contributed by atoms with van der Waals surface area (Å²) < 4.78 is 51.3. The Bertz CT molecular complexity index is 608. The summed E-state index contributed by atoms with van der Waals surface area (Å²) in [5.41, 5.74) is -1.13. The lowest BCUT2D eigenvalue weighted by atomic mass is 9.94. The Morgan fingerprint density at radius 2 is 2.00 bits per heavy atom. The molecule has 1 aromatic rings. The topological polar surface area (TPSA) is 97.1 Å². The standard InChI is InChI=1S/C13H18F4N4O3/c1-4-12(3,18-9(22)5-13(16,17)11(14)15)8-6-21(20-19-8)7(2)10(23)24/h6-7,11H,4-5H2,1-3H3,(H,18,22)(H,23,24). The van der Waals surface area contributed by atoms with Crippen molar-refractivity contribution < 1.29 is 32.3 Å². The number of carboxylic acid groups (broad SMARTS) is 1. The molecule has 1 rings (SSSR count). The summed E-state index contributed by atoms with van der Waals surface area (Å²) in [4.78, 5) is 22.6. The molecule has 0 saturated carbocycles. The second kappa shape index (κ2) is 7.14. The molecular formula is C13H18F4N4O3. The molecular weight excluding hydrogens is 336 g/mol. The van der Waals surface area contributed by atoms with Crippen LogP contribution >= 0.6 is 0 Å². The molecule has 1 heterocycles. The molecule has 0 aromatic carbocycles. The maximum absolute atomic E-state index is 13.0. The fourth-order valence-corrected chi connectivity index (χ4v) is 1.81. The van der Waals surface area contributed by atoms with Crippen LogP contribution in [0.1, 0.15) is 45.3 Å². The summed E-state index contributed by atoms with van der Waals surface area (Å²) in [6.45, 7) is 4.42. The normalized spacial score (nSPS) is 15.8. The second-order valence-corrected chi connectivity index (χ2v) is 5.57. The van der Waals surface area contributed by atoms with Gasteiger partial charge in [-0.05, 0) is 20.3 Å². The SMILES string of the molecule is CCC(C)(NC(=O)CC(F)(F)C(F)F)c1cn(C(C)C(=O)O)nn1. The molecule has 0 radical (unpaired) electrons. The molecule has 0 aliphatic heterocycles. The Morgan fingerprint density at radius 3 is 2.46 bits per heavy atom. The smallest absolute Gasteiger partial charge is 0.328 e. The molecule has 2 unspecified atom stereocenters. The monoisotopic (exact) mass is 354 g/mol. The van der Waals surface area contributed by atoms with Crippen molar-refractivity contribution in [3.63, 3.8) is 0 Å². The highest BCUT2D eigenvalue weighted by molar-refractivity contribution is 5.77. The zero-order valence-corrected chi connectivity index (χ0v) is 13.3. The van der Waals surface area contributed by atoms with Crippen molar-refractivity contribution in [3.8, 4) is 0 Å². The van der Waals surface area contributed by atoms with E-state index < -0.39 is 42.2 Å². The van der Waals surface area contributed by atoms with Crippen LogP contribution < -0.4 is 5.32 Å². The van der Waals surface area contributed by atoms with Gasteiger partial charge in [-0.2, -0.15) is 8.78 Å². The maximum atomic E-state index is 13.0. The Kier molecular flexibility index (Phi) is 5.90.